The van der Waals surface area contributed by atoms with Crippen molar-refractivity contribution in [1.82, 2.24) is 29.8 Å². The number of imide groups is 3. The molecule has 21 heteroatoms. The number of hydrogen-bond donors (Lipinski definition) is 5. The number of hydrogen-bond acceptors (Lipinski definition) is 17. The molecule has 0 saturated carbocycles. The normalized spacial score (nSPS) is 19.9. The van der Waals surface area contributed by atoms with Crippen molar-refractivity contribution in [3.63, 3.8) is 0 Å². The van der Waals surface area contributed by atoms with Crippen molar-refractivity contribution in [3.05, 3.63) is 106 Å². The Morgan fingerprint density at radius 2 is 1.03 bits per heavy atom. The number of carbonyl (C=O) groups is 8. The van der Waals surface area contributed by atoms with Crippen LogP contribution in [-0.2, 0) is 19.1 Å². The first kappa shape index (κ1) is 59.1. The van der Waals surface area contributed by atoms with Crippen LogP contribution in [0.3, 0.4) is 0 Å². The quantitative estimate of drug-likeness (QED) is 0.0444. The maximum absolute atomic E-state index is 12.2. The molecule has 3 aromatic rings. The standard InChI is InChI=1S/2C15H18N2O4.C14H16BrNO2.C9H17NO4/c18-9-10-7-16(8-13(10)19)5-6-17-14(20)11-3-1-2-4-12(11)15(17)21;18-9-12-13(19)5-6-16(12)7-8-17-14(20)10-3-1-2-4-11(10)15(17)21;15-9-5-1-2-6-10-16-13(17)11-7-3-4-8-12(11)14(16)18;1-3-13-8(11)5-6-10-7-9(12)14-4-2/h1-4,10,13,18-19H,5-9H2;1-4,12-13,18-19H,5-9H2;3-4,7-8H,1-2,5-6,9-10H2;10H,3-7H2,1-2H3/t10-,13-;12-,13-;;/m01../s1. The van der Waals surface area contributed by atoms with E-state index in [4.69, 9.17) is 9.84 Å². The lowest BCUT2D eigenvalue weighted by atomic mass is 10.1. The molecule has 4 atom stereocenters. The maximum atomic E-state index is 12.2. The summed E-state index contributed by atoms with van der Waals surface area (Å²) in [6.45, 7) is 8.45. The second kappa shape index (κ2) is 29.9. The number of β-amino-alcohol motifs (C(OH)–C–C–N with tert-alkyl or cyclic N) is 1. The Kier molecular flexibility index (Phi) is 23.9. The van der Waals surface area contributed by atoms with Crippen LogP contribution in [-0.4, -0.2) is 208 Å². The second-order valence-electron chi connectivity index (χ2n) is 18.0. The Morgan fingerprint density at radius 1 is 0.581 bits per heavy atom. The van der Waals surface area contributed by atoms with Gasteiger partial charge in [0.2, 0.25) is 0 Å². The van der Waals surface area contributed by atoms with Gasteiger partial charge in [-0.2, -0.15) is 0 Å². The number of alkyl halides is 1. The number of halogens is 1. The molecule has 2 fully saturated rings. The van der Waals surface area contributed by atoms with E-state index in [1.165, 1.54) is 14.7 Å². The predicted octanol–water partition coefficient (Wildman–Crippen LogP) is 2.61. The van der Waals surface area contributed by atoms with E-state index in [0.29, 0.717) is 105 Å². The molecular weight excluding hydrogens is 1020 g/mol. The van der Waals surface area contributed by atoms with Gasteiger partial charge >= 0.3 is 11.9 Å². The Morgan fingerprint density at radius 3 is 1.46 bits per heavy atom. The average molecular weight is 1090 g/mol. The van der Waals surface area contributed by atoms with Gasteiger partial charge < -0.3 is 35.2 Å². The van der Waals surface area contributed by atoms with Crippen molar-refractivity contribution >= 4 is 63.3 Å². The second-order valence-corrected chi connectivity index (χ2v) is 18.8. The summed E-state index contributed by atoms with van der Waals surface area (Å²) in [6.07, 6.45) is 4.00. The first-order chi connectivity index (χ1) is 35.7. The molecule has 74 heavy (non-hydrogen) atoms. The Hall–Kier alpha value is -5.78. The fraction of sp³-hybridized carbons (Fsp3) is 0.509. The van der Waals surface area contributed by atoms with E-state index in [-0.39, 0.29) is 92.1 Å². The number of amides is 6. The fourth-order valence-electron chi connectivity index (χ4n) is 9.06. The SMILES string of the molecule is CCOC(=O)CCNCC(=O)OCC.O=C1c2ccccc2C(=O)N1CCCCCCBr.O=C1c2ccccc2C(=O)N1CCN1CC[C@@H](O)[C@H]1CO.O=C1c2ccccc2C(=O)N1CCN1C[C@@H](CO)[C@@H](O)C1. The zero-order valence-corrected chi connectivity index (χ0v) is 43.7. The molecule has 0 spiro atoms. The van der Waals surface area contributed by atoms with Crippen molar-refractivity contribution in [2.24, 2.45) is 5.92 Å². The Bertz CT molecular complexity index is 2300. The number of nitrogens with one attached hydrogen (secondary N) is 1. The highest BCUT2D eigenvalue weighted by molar-refractivity contribution is 9.09. The first-order valence-electron chi connectivity index (χ1n) is 25.2. The zero-order chi connectivity index (χ0) is 53.7. The van der Waals surface area contributed by atoms with Crippen molar-refractivity contribution < 1.29 is 68.3 Å². The van der Waals surface area contributed by atoms with E-state index in [0.717, 1.165) is 31.0 Å². The molecule has 5 N–H and O–H groups in total. The van der Waals surface area contributed by atoms with Gasteiger partial charge in [-0.3, -0.25) is 62.9 Å². The van der Waals surface area contributed by atoms with E-state index in [9.17, 15) is 53.7 Å². The minimum absolute atomic E-state index is 0.0509. The third-order valence-electron chi connectivity index (χ3n) is 13.1. The molecule has 20 nitrogen and oxygen atoms in total. The molecule has 0 unspecified atom stereocenters. The van der Waals surface area contributed by atoms with Crippen LogP contribution in [0.5, 0.6) is 0 Å². The molecule has 8 rings (SSSR count). The maximum Gasteiger partial charge on any atom is 0.319 e. The third-order valence-corrected chi connectivity index (χ3v) is 13.6. The lowest BCUT2D eigenvalue weighted by Crippen LogP contribution is -2.43. The van der Waals surface area contributed by atoms with Gasteiger partial charge in [0.05, 0.1) is 84.4 Å². The fourth-order valence-corrected chi connectivity index (χ4v) is 9.45. The zero-order valence-electron chi connectivity index (χ0n) is 42.1. The molecule has 5 aliphatic heterocycles. The van der Waals surface area contributed by atoms with Gasteiger partial charge in [0.25, 0.3) is 35.4 Å². The van der Waals surface area contributed by atoms with Crippen molar-refractivity contribution in [1.29, 1.82) is 0 Å². The highest BCUT2D eigenvalue weighted by Crippen LogP contribution is 2.26. The average Bonchev–Trinajstić information content (AvgIpc) is 4.16. The number of nitrogens with zero attached hydrogens (tertiary/aromatic N) is 5. The van der Waals surface area contributed by atoms with Crippen LogP contribution in [0.4, 0.5) is 0 Å². The molecule has 0 aromatic heterocycles. The minimum Gasteiger partial charge on any atom is -0.466 e. The number of fused-ring (bicyclic) bond motifs is 3. The van der Waals surface area contributed by atoms with Crippen molar-refractivity contribution in [2.75, 3.05) is 97.2 Å². The predicted molar refractivity (Wildman–Crippen MR) is 275 cm³/mol. The topological polar surface area (TPSA) is 264 Å². The number of aliphatic hydroxyl groups excluding tert-OH is 4. The molecule has 2 saturated heterocycles. The number of ether oxygens (including phenoxy) is 2. The van der Waals surface area contributed by atoms with E-state index in [2.05, 4.69) is 26.0 Å². The first-order valence-corrected chi connectivity index (χ1v) is 26.3. The van der Waals surface area contributed by atoms with E-state index in [1.54, 1.807) is 86.6 Å². The van der Waals surface area contributed by atoms with Gasteiger partial charge in [-0.1, -0.05) is 65.2 Å². The summed E-state index contributed by atoms with van der Waals surface area (Å²) in [5.41, 5.74) is 2.89. The summed E-state index contributed by atoms with van der Waals surface area (Å²) >= 11 is 3.39. The highest BCUT2D eigenvalue weighted by Gasteiger charge is 2.39. The van der Waals surface area contributed by atoms with Crippen LogP contribution in [0.2, 0.25) is 0 Å². The molecule has 0 aliphatic carbocycles. The monoisotopic (exact) mass is 1090 g/mol. The van der Waals surface area contributed by atoms with Crippen LogP contribution in [0, 0.1) is 5.92 Å². The van der Waals surface area contributed by atoms with Gasteiger partial charge in [-0.25, -0.2) is 0 Å². The number of aliphatic hydroxyl groups is 4. The summed E-state index contributed by atoms with van der Waals surface area (Å²) in [6, 6.07) is 20.4. The Balaban J connectivity index is 0.000000185. The van der Waals surface area contributed by atoms with E-state index >= 15 is 0 Å². The number of unbranched alkanes of at least 4 members (excludes halogenated alkanes) is 3. The molecule has 0 bridgehead atoms. The Labute approximate surface area is 439 Å². The smallest absolute Gasteiger partial charge is 0.319 e. The third kappa shape index (κ3) is 15.6. The summed E-state index contributed by atoms with van der Waals surface area (Å²) in [4.78, 5) is 102. The van der Waals surface area contributed by atoms with Gasteiger partial charge in [-0.05, 0) is 69.5 Å². The van der Waals surface area contributed by atoms with Gasteiger partial charge in [-0.15, -0.1) is 0 Å². The molecule has 0 radical (unpaired) electrons. The molecular formula is C53H69BrN6O14. The van der Waals surface area contributed by atoms with Crippen LogP contribution >= 0.6 is 15.9 Å². The van der Waals surface area contributed by atoms with E-state index < -0.39 is 12.2 Å². The van der Waals surface area contributed by atoms with Crippen molar-refractivity contribution in [2.45, 2.75) is 70.6 Å². The highest BCUT2D eigenvalue weighted by atomic mass is 79.9. The van der Waals surface area contributed by atoms with Gasteiger partial charge in [0.1, 0.15) is 0 Å². The number of esters is 2. The van der Waals surface area contributed by atoms with Crippen molar-refractivity contribution in [3.8, 4) is 0 Å². The molecule has 6 amide bonds. The van der Waals surface area contributed by atoms with Crippen LogP contribution < -0.4 is 5.32 Å². The molecule has 5 heterocycles. The molecule has 402 valence electrons. The van der Waals surface area contributed by atoms with E-state index in [1.807, 2.05) is 9.80 Å². The summed E-state index contributed by atoms with van der Waals surface area (Å²) in [7, 11) is 0. The minimum atomic E-state index is -0.544. The number of rotatable bonds is 21. The molecule has 3 aromatic carbocycles. The van der Waals surface area contributed by atoms with Crippen LogP contribution in [0.1, 0.15) is 115 Å². The lowest BCUT2D eigenvalue weighted by Gasteiger charge is -2.26. The summed E-state index contributed by atoms with van der Waals surface area (Å²) < 4.78 is 9.38. The number of carbonyl (C=O) groups excluding carboxylic acids is 8. The summed E-state index contributed by atoms with van der Waals surface area (Å²) in [5, 5.41) is 41.7. The largest absolute Gasteiger partial charge is 0.466 e. The number of benzene rings is 3. The van der Waals surface area contributed by atoms with Gasteiger partial charge in [0.15, 0.2) is 0 Å². The van der Waals surface area contributed by atoms with Gasteiger partial charge in [0, 0.05) is 76.8 Å². The van der Waals surface area contributed by atoms with Crippen LogP contribution in [0.15, 0.2) is 72.8 Å². The lowest BCUT2D eigenvalue weighted by molar-refractivity contribution is -0.144. The van der Waals surface area contributed by atoms with Crippen LogP contribution in [0.25, 0.3) is 0 Å². The summed E-state index contributed by atoms with van der Waals surface area (Å²) in [5.74, 6) is -2.05. The number of likely N-dealkylation sites (tertiary alicyclic amines) is 2. The molecule has 5 aliphatic rings.